The van der Waals surface area contributed by atoms with Crippen molar-refractivity contribution >= 4 is 21.4 Å². The first-order valence-electron chi connectivity index (χ1n) is 6.58. The number of thiophene rings is 1. The van der Waals surface area contributed by atoms with Crippen LogP contribution in [-0.2, 0) is 7.05 Å². The predicted octanol–water partition coefficient (Wildman–Crippen LogP) is 3.47. The molecule has 104 valence electrons. The van der Waals surface area contributed by atoms with E-state index < -0.39 is 0 Å². The summed E-state index contributed by atoms with van der Waals surface area (Å²) in [6.07, 6.45) is 3.74. The first kappa shape index (κ1) is 13.3. The van der Waals surface area contributed by atoms with Crippen molar-refractivity contribution in [1.29, 1.82) is 0 Å². The molecular formula is C15H16FN3S. The maximum Gasteiger partial charge on any atom is 0.131 e. The highest BCUT2D eigenvalue weighted by Gasteiger charge is 2.19. The van der Waals surface area contributed by atoms with Gasteiger partial charge in [-0.25, -0.2) is 9.37 Å². The Bertz CT molecular complexity index is 732. The Balaban J connectivity index is 2.07. The summed E-state index contributed by atoms with van der Waals surface area (Å²) in [5.74, 6) is 0.776. The van der Waals surface area contributed by atoms with Crippen LogP contribution >= 0.6 is 11.3 Å². The summed E-state index contributed by atoms with van der Waals surface area (Å²) in [5.41, 5.74) is 0. The lowest BCUT2D eigenvalue weighted by molar-refractivity contribution is 0.585. The lowest BCUT2D eigenvalue weighted by Crippen LogP contribution is -2.23. The summed E-state index contributed by atoms with van der Waals surface area (Å²) in [6.45, 7) is 2.92. The van der Waals surface area contributed by atoms with Crippen LogP contribution in [-0.4, -0.2) is 16.1 Å². The van der Waals surface area contributed by atoms with E-state index in [1.165, 1.54) is 6.07 Å². The van der Waals surface area contributed by atoms with E-state index in [1.807, 2.05) is 29.9 Å². The number of halogens is 1. The summed E-state index contributed by atoms with van der Waals surface area (Å²) in [5, 5.41) is 4.40. The Morgan fingerprint density at radius 1 is 1.40 bits per heavy atom. The van der Waals surface area contributed by atoms with E-state index in [0.29, 0.717) is 0 Å². The lowest BCUT2D eigenvalue weighted by atomic mass is 10.2. The maximum absolute atomic E-state index is 13.3. The van der Waals surface area contributed by atoms with Crippen LogP contribution < -0.4 is 5.32 Å². The fourth-order valence-corrected chi connectivity index (χ4v) is 3.47. The number of aryl methyl sites for hydroxylation is 1. The Morgan fingerprint density at radius 3 is 2.95 bits per heavy atom. The third-order valence-electron chi connectivity index (χ3n) is 3.31. The van der Waals surface area contributed by atoms with Gasteiger partial charge in [0.25, 0.3) is 0 Å². The van der Waals surface area contributed by atoms with Crippen LogP contribution in [0.25, 0.3) is 10.1 Å². The van der Waals surface area contributed by atoms with Gasteiger partial charge in [0.2, 0.25) is 0 Å². The molecule has 3 aromatic rings. The summed E-state index contributed by atoms with van der Waals surface area (Å²) >= 11 is 1.68. The van der Waals surface area contributed by atoms with Gasteiger partial charge in [-0.15, -0.1) is 11.3 Å². The molecule has 1 aromatic carbocycles. The van der Waals surface area contributed by atoms with Crippen LogP contribution in [0.1, 0.15) is 23.7 Å². The number of fused-ring (bicyclic) bond motifs is 1. The van der Waals surface area contributed by atoms with Crippen molar-refractivity contribution in [2.75, 3.05) is 6.54 Å². The zero-order chi connectivity index (χ0) is 14.1. The fourth-order valence-electron chi connectivity index (χ4n) is 2.36. The molecule has 3 rings (SSSR count). The molecule has 0 saturated carbocycles. The average Bonchev–Trinajstić information content (AvgIpc) is 3.01. The van der Waals surface area contributed by atoms with Crippen LogP contribution in [0.2, 0.25) is 0 Å². The van der Waals surface area contributed by atoms with Crippen molar-refractivity contribution in [3.8, 4) is 0 Å². The number of imidazole rings is 1. The minimum Gasteiger partial charge on any atom is -0.336 e. The Kier molecular flexibility index (Phi) is 3.54. The molecule has 0 spiro atoms. The second kappa shape index (κ2) is 5.34. The third kappa shape index (κ3) is 2.34. The molecule has 0 fully saturated rings. The second-order valence-electron chi connectivity index (χ2n) is 4.72. The molecule has 2 heterocycles. The molecule has 1 unspecified atom stereocenters. The van der Waals surface area contributed by atoms with Crippen LogP contribution in [0.15, 0.2) is 36.7 Å². The van der Waals surface area contributed by atoms with Gasteiger partial charge < -0.3 is 9.88 Å². The molecule has 5 heteroatoms. The van der Waals surface area contributed by atoms with E-state index in [9.17, 15) is 4.39 Å². The number of rotatable bonds is 4. The lowest BCUT2D eigenvalue weighted by Gasteiger charge is -2.15. The molecule has 0 aliphatic carbocycles. The molecule has 0 amide bonds. The van der Waals surface area contributed by atoms with Gasteiger partial charge in [0, 0.05) is 29.0 Å². The summed E-state index contributed by atoms with van der Waals surface area (Å²) in [6, 6.07) is 7.01. The van der Waals surface area contributed by atoms with Crippen molar-refractivity contribution < 1.29 is 4.39 Å². The molecule has 2 aromatic heterocycles. The highest BCUT2D eigenvalue weighted by molar-refractivity contribution is 7.19. The summed E-state index contributed by atoms with van der Waals surface area (Å²) in [7, 11) is 1.99. The third-order valence-corrected chi connectivity index (χ3v) is 4.49. The molecule has 20 heavy (non-hydrogen) atoms. The number of aromatic nitrogens is 2. The van der Waals surface area contributed by atoms with Crippen LogP contribution in [0.3, 0.4) is 0 Å². The van der Waals surface area contributed by atoms with Gasteiger partial charge >= 0.3 is 0 Å². The van der Waals surface area contributed by atoms with Crippen LogP contribution in [0, 0.1) is 5.82 Å². The standard InChI is InChI=1S/C15H16FN3S/c1-3-17-14(15-18-6-7-19(15)2)13-9-10-8-11(16)4-5-12(10)20-13/h4-9,14,17H,3H2,1-2H3. The smallest absolute Gasteiger partial charge is 0.131 e. The Labute approximate surface area is 121 Å². The van der Waals surface area contributed by atoms with Gasteiger partial charge in [0.05, 0.1) is 0 Å². The van der Waals surface area contributed by atoms with E-state index >= 15 is 0 Å². The van der Waals surface area contributed by atoms with Gasteiger partial charge in [-0.2, -0.15) is 0 Å². The molecule has 0 radical (unpaired) electrons. The topological polar surface area (TPSA) is 29.9 Å². The van der Waals surface area contributed by atoms with Crippen molar-refractivity contribution in [3.05, 3.63) is 53.2 Å². The first-order chi connectivity index (χ1) is 9.69. The number of hydrogen-bond acceptors (Lipinski definition) is 3. The van der Waals surface area contributed by atoms with Gasteiger partial charge in [0.1, 0.15) is 17.7 Å². The van der Waals surface area contributed by atoms with Gasteiger partial charge in [0.15, 0.2) is 0 Å². The molecule has 0 saturated heterocycles. The van der Waals surface area contributed by atoms with E-state index in [2.05, 4.69) is 17.2 Å². The van der Waals surface area contributed by atoms with Crippen LogP contribution in [0.4, 0.5) is 4.39 Å². The highest BCUT2D eigenvalue weighted by Crippen LogP contribution is 2.32. The summed E-state index contributed by atoms with van der Waals surface area (Å²) < 4.78 is 16.4. The first-order valence-corrected chi connectivity index (χ1v) is 7.40. The largest absolute Gasteiger partial charge is 0.336 e. The van der Waals surface area contributed by atoms with E-state index in [4.69, 9.17) is 0 Å². The van der Waals surface area contributed by atoms with Crippen molar-refractivity contribution in [2.24, 2.45) is 7.05 Å². The Hall–Kier alpha value is -1.72. The monoisotopic (exact) mass is 289 g/mol. The van der Waals surface area contributed by atoms with Crippen molar-refractivity contribution in [1.82, 2.24) is 14.9 Å². The normalized spacial score (nSPS) is 12.9. The van der Waals surface area contributed by atoms with Gasteiger partial charge in [-0.05, 0) is 36.2 Å². The molecule has 1 N–H and O–H groups in total. The molecular weight excluding hydrogens is 273 g/mol. The fraction of sp³-hybridized carbons (Fsp3) is 0.267. The zero-order valence-corrected chi connectivity index (χ0v) is 12.2. The quantitative estimate of drug-likeness (QED) is 0.797. The van der Waals surface area contributed by atoms with Crippen LogP contribution in [0.5, 0.6) is 0 Å². The number of hydrogen-bond donors (Lipinski definition) is 1. The minimum atomic E-state index is -0.196. The van der Waals surface area contributed by atoms with E-state index in [1.54, 1.807) is 23.6 Å². The molecule has 0 aliphatic rings. The summed E-state index contributed by atoms with van der Waals surface area (Å²) in [4.78, 5) is 5.59. The number of nitrogens with zero attached hydrogens (tertiary/aromatic N) is 2. The molecule has 0 aliphatic heterocycles. The molecule has 1 atom stereocenters. The van der Waals surface area contributed by atoms with Gasteiger partial charge in [-0.3, -0.25) is 0 Å². The SMILES string of the molecule is CCNC(c1cc2cc(F)ccc2s1)c1nccn1C. The predicted molar refractivity (Wildman–Crippen MR) is 80.5 cm³/mol. The van der Waals surface area contributed by atoms with E-state index in [-0.39, 0.29) is 11.9 Å². The van der Waals surface area contributed by atoms with Crippen molar-refractivity contribution in [3.63, 3.8) is 0 Å². The zero-order valence-electron chi connectivity index (χ0n) is 11.4. The number of nitrogens with one attached hydrogen (secondary N) is 1. The average molecular weight is 289 g/mol. The molecule has 3 nitrogen and oxygen atoms in total. The van der Waals surface area contributed by atoms with E-state index in [0.717, 1.165) is 27.3 Å². The maximum atomic E-state index is 13.3. The molecule has 0 bridgehead atoms. The van der Waals surface area contributed by atoms with Crippen molar-refractivity contribution in [2.45, 2.75) is 13.0 Å². The second-order valence-corrected chi connectivity index (χ2v) is 5.83. The minimum absolute atomic E-state index is 0.0421. The van der Waals surface area contributed by atoms with Gasteiger partial charge in [-0.1, -0.05) is 6.92 Å². The number of benzene rings is 1. The highest BCUT2D eigenvalue weighted by atomic mass is 32.1. The Morgan fingerprint density at radius 2 is 2.25 bits per heavy atom.